The van der Waals surface area contributed by atoms with Gasteiger partial charge in [0, 0.05) is 13.0 Å². The van der Waals surface area contributed by atoms with Crippen LogP contribution in [0.15, 0.2) is 35.3 Å². The number of nitrogens with one attached hydrogen (secondary N) is 4. The van der Waals surface area contributed by atoms with Gasteiger partial charge in [0.2, 0.25) is 23.6 Å². The third-order valence-corrected chi connectivity index (χ3v) is 5.89. The number of hydrogen-bond donors (Lipinski definition) is 8. The van der Waals surface area contributed by atoms with Crippen LogP contribution >= 0.6 is 0 Å². The molecule has 38 heavy (non-hydrogen) atoms. The summed E-state index contributed by atoms with van der Waals surface area (Å²) < 4.78 is 0. The highest BCUT2D eigenvalue weighted by Crippen LogP contribution is 2.08. The van der Waals surface area contributed by atoms with E-state index in [1.54, 1.807) is 30.3 Å². The second-order valence-corrected chi connectivity index (χ2v) is 8.98. The van der Waals surface area contributed by atoms with Gasteiger partial charge in [-0.05, 0) is 37.8 Å². The fourth-order valence-corrected chi connectivity index (χ4v) is 3.96. The first kappa shape index (κ1) is 30.0. The summed E-state index contributed by atoms with van der Waals surface area (Å²) in [5.41, 5.74) is 16.5. The Morgan fingerprint density at radius 1 is 0.974 bits per heavy atom. The van der Waals surface area contributed by atoms with Gasteiger partial charge in [-0.3, -0.25) is 24.2 Å². The van der Waals surface area contributed by atoms with Crippen molar-refractivity contribution in [3.05, 3.63) is 35.9 Å². The summed E-state index contributed by atoms with van der Waals surface area (Å²) in [5.74, 6) is -4.23. The lowest BCUT2D eigenvalue weighted by molar-refractivity contribution is -0.142. The van der Waals surface area contributed by atoms with E-state index >= 15 is 0 Å². The zero-order valence-electron chi connectivity index (χ0n) is 21.0. The average Bonchev–Trinajstić information content (AvgIpc) is 3.40. The van der Waals surface area contributed by atoms with Crippen LogP contribution in [-0.4, -0.2) is 77.9 Å². The standard InChI is InChI=1S/C24H36N8O6/c25-19(33)13-18(32-20(34)15-8-4-10-28-15)22(36)31-17(12-14-6-2-1-3-7-14)21(35)30-16(23(37)38)9-5-11-29-24(26)27/h1-3,6-7,15-18,28H,4-5,8-13H2,(H2,25,33)(H,30,35)(H,31,36)(H,32,34)(H,37,38)(H4,26,27,29). The summed E-state index contributed by atoms with van der Waals surface area (Å²) in [6.45, 7) is 0.831. The number of rotatable bonds is 15. The first-order valence-corrected chi connectivity index (χ1v) is 12.3. The molecule has 1 aliphatic rings. The predicted molar refractivity (Wildman–Crippen MR) is 138 cm³/mol. The van der Waals surface area contributed by atoms with E-state index in [1.807, 2.05) is 0 Å². The molecule has 14 heteroatoms. The van der Waals surface area contributed by atoms with Gasteiger partial charge in [-0.1, -0.05) is 30.3 Å². The SMILES string of the molecule is NC(=O)CC(NC(=O)C1CCCN1)C(=O)NC(Cc1ccccc1)C(=O)NC(CCCN=C(N)N)C(=O)O. The summed E-state index contributed by atoms with van der Waals surface area (Å²) in [5, 5.41) is 20.1. The van der Waals surface area contributed by atoms with Crippen LogP contribution in [0.2, 0.25) is 0 Å². The molecule has 1 aromatic rings. The van der Waals surface area contributed by atoms with Crippen molar-refractivity contribution in [1.82, 2.24) is 21.3 Å². The molecule has 1 aromatic carbocycles. The van der Waals surface area contributed by atoms with Gasteiger partial charge in [0.25, 0.3) is 0 Å². The number of amides is 4. The number of aliphatic carboxylic acids is 1. The molecule has 0 saturated carbocycles. The topological polar surface area (TPSA) is 244 Å². The third-order valence-electron chi connectivity index (χ3n) is 5.89. The number of nitrogens with zero attached hydrogens (tertiary/aromatic N) is 1. The quantitative estimate of drug-likeness (QED) is 0.0672. The van der Waals surface area contributed by atoms with Crippen LogP contribution in [0.3, 0.4) is 0 Å². The van der Waals surface area contributed by atoms with E-state index in [9.17, 15) is 29.1 Å². The summed E-state index contributed by atoms with van der Waals surface area (Å²) in [4.78, 5) is 66.0. The Hall–Kier alpha value is -4.20. The number of hydrogen-bond acceptors (Lipinski definition) is 7. The van der Waals surface area contributed by atoms with E-state index in [2.05, 4.69) is 26.3 Å². The van der Waals surface area contributed by atoms with Crippen LogP contribution < -0.4 is 38.5 Å². The van der Waals surface area contributed by atoms with Crippen molar-refractivity contribution >= 4 is 35.6 Å². The highest BCUT2D eigenvalue weighted by Gasteiger charge is 2.32. The van der Waals surface area contributed by atoms with Crippen molar-refractivity contribution < 1.29 is 29.1 Å². The molecule has 0 radical (unpaired) electrons. The van der Waals surface area contributed by atoms with Crippen molar-refractivity contribution in [1.29, 1.82) is 0 Å². The maximum atomic E-state index is 13.2. The number of benzene rings is 1. The normalized spacial score (nSPS) is 16.9. The molecule has 0 bridgehead atoms. The molecule has 1 aliphatic heterocycles. The van der Waals surface area contributed by atoms with Gasteiger partial charge in [-0.2, -0.15) is 0 Å². The van der Waals surface area contributed by atoms with Gasteiger partial charge in [-0.25, -0.2) is 4.79 Å². The lowest BCUT2D eigenvalue weighted by Gasteiger charge is -2.25. The molecule has 2 rings (SSSR count). The van der Waals surface area contributed by atoms with E-state index in [0.717, 1.165) is 6.42 Å². The smallest absolute Gasteiger partial charge is 0.326 e. The average molecular weight is 533 g/mol. The molecule has 4 unspecified atom stereocenters. The first-order valence-electron chi connectivity index (χ1n) is 12.3. The molecule has 1 fully saturated rings. The highest BCUT2D eigenvalue weighted by atomic mass is 16.4. The van der Waals surface area contributed by atoms with Crippen molar-refractivity contribution in [2.24, 2.45) is 22.2 Å². The lowest BCUT2D eigenvalue weighted by atomic mass is 10.0. The monoisotopic (exact) mass is 532 g/mol. The van der Waals surface area contributed by atoms with E-state index in [4.69, 9.17) is 17.2 Å². The highest BCUT2D eigenvalue weighted by molar-refractivity contribution is 5.96. The van der Waals surface area contributed by atoms with Gasteiger partial charge in [0.05, 0.1) is 12.5 Å². The zero-order valence-corrected chi connectivity index (χ0v) is 21.0. The van der Waals surface area contributed by atoms with Crippen LogP contribution in [0.5, 0.6) is 0 Å². The van der Waals surface area contributed by atoms with Gasteiger partial charge in [0.15, 0.2) is 5.96 Å². The maximum absolute atomic E-state index is 13.2. The van der Waals surface area contributed by atoms with Gasteiger partial charge >= 0.3 is 5.97 Å². The number of carboxylic acids is 1. The maximum Gasteiger partial charge on any atom is 0.326 e. The van der Waals surface area contributed by atoms with Crippen molar-refractivity contribution in [2.45, 2.75) is 62.7 Å². The summed E-state index contributed by atoms with van der Waals surface area (Å²) in [6.07, 6.45) is 1.24. The Morgan fingerprint density at radius 3 is 2.21 bits per heavy atom. The molecular weight excluding hydrogens is 496 g/mol. The minimum atomic E-state index is -1.32. The number of nitrogens with two attached hydrogens (primary N) is 3. The zero-order chi connectivity index (χ0) is 28.1. The minimum absolute atomic E-state index is 0.0279. The molecule has 14 nitrogen and oxygen atoms in total. The molecule has 0 aromatic heterocycles. The molecular formula is C24H36N8O6. The minimum Gasteiger partial charge on any atom is -0.480 e. The van der Waals surface area contributed by atoms with Crippen molar-refractivity contribution in [2.75, 3.05) is 13.1 Å². The summed E-state index contributed by atoms with van der Waals surface area (Å²) in [7, 11) is 0. The van der Waals surface area contributed by atoms with E-state index in [1.165, 1.54) is 0 Å². The van der Waals surface area contributed by atoms with Gasteiger partial charge in [-0.15, -0.1) is 0 Å². The Labute approximate surface area is 220 Å². The number of carboxylic acid groups (broad SMARTS) is 1. The molecule has 0 aliphatic carbocycles. The van der Waals surface area contributed by atoms with Crippen LogP contribution in [0.25, 0.3) is 0 Å². The fourth-order valence-electron chi connectivity index (χ4n) is 3.96. The van der Waals surface area contributed by atoms with E-state index < -0.39 is 60.2 Å². The summed E-state index contributed by atoms with van der Waals surface area (Å²) >= 11 is 0. The lowest BCUT2D eigenvalue weighted by Crippen LogP contribution is -2.58. The number of primary amides is 1. The second kappa shape index (κ2) is 15.1. The number of carbonyl (C=O) groups is 5. The fraction of sp³-hybridized carbons (Fsp3) is 0.500. The first-order chi connectivity index (χ1) is 18.1. The summed E-state index contributed by atoms with van der Waals surface area (Å²) in [6, 6.07) is 4.48. The Kier molecular flexibility index (Phi) is 12.0. The number of carbonyl (C=O) groups excluding carboxylic acids is 4. The second-order valence-electron chi connectivity index (χ2n) is 8.98. The van der Waals surface area contributed by atoms with Crippen LogP contribution in [0, 0.1) is 0 Å². The van der Waals surface area contributed by atoms with Crippen LogP contribution in [0.1, 0.15) is 37.7 Å². The Balaban J connectivity index is 2.16. The largest absolute Gasteiger partial charge is 0.480 e. The Bertz CT molecular complexity index is 1010. The third kappa shape index (κ3) is 10.4. The van der Waals surface area contributed by atoms with Gasteiger partial charge < -0.3 is 43.6 Å². The Morgan fingerprint density at radius 2 is 1.63 bits per heavy atom. The van der Waals surface area contributed by atoms with Crippen LogP contribution in [0.4, 0.5) is 0 Å². The predicted octanol–water partition coefficient (Wildman–Crippen LogP) is -2.55. The molecule has 208 valence electrons. The molecule has 1 heterocycles. The van der Waals surface area contributed by atoms with E-state index in [-0.39, 0.29) is 31.8 Å². The molecule has 4 amide bonds. The molecule has 0 spiro atoms. The van der Waals surface area contributed by atoms with Gasteiger partial charge in [0.1, 0.15) is 18.1 Å². The molecule has 11 N–H and O–H groups in total. The van der Waals surface area contributed by atoms with E-state index in [0.29, 0.717) is 18.5 Å². The van der Waals surface area contributed by atoms with Crippen molar-refractivity contribution in [3.8, 4) is 0 Å². The molecule has 4 atom stereocenters. The van der Waals surface area contributed by atoms with Crippen LogP contribution in [-0.2, 0) is 30.4 Å². The van der Waals surface area contributed by atoms with Crippen molar-refractivity contribution in [3.63, 3.8) is 0 Å². The number of aliphatic imine (C=N–C) groups is 1. The number of guanidine groups is 1. The molecule has 1 saturated heterocycles.